The fourth-order valence-electron chi connectivity index (χ4n) is 5.51. The fourth-order valence-corrected chi connectivity index (χ4v) is 5.51. The van der Waals surface area contributed by atoms with Crippen LogP contribution in [0.15, 0.2) is 0 Å². The van der Waals surface area contributed by atoms with E-state index in [0.717, 1.165) is 18.8 Å². The fraction of sp³-hybridized carbons (Fsp3) is 0.938. The molecule has 0 bridgehead atoms. The second kappa shape index (κ2) is 3.98. The third kappa shape index (κ3) is 1.50. The third-order valence-electron chi connectivity index (χ3n) is 6.20. The molecule has 0 aromatic heterocycles. The van der Waals surface area contributed by atoms with E-state index in [1.54, 1.807) is 0 Å². The van der Waals surface area contributed by atoms with Gasteiger partial charge in [-0.3, -0.25) is 4.79 Å². The molecule has 1 heterocycles. The average Bonchev–Trinajstić information content (AvgIpc) is 2.58. The van der Waals surface area contributed by atoms with Crippen molar-refractivity contribution in [3.8, 4) is 0 Å². The Morgan fingerprint density at radius 2 is 2.06 bits per heavy atom. The monoisotopic (exact) mass is 250 g/mol. The molecule has 18 heavy (non-hydrogen) atoms. The predicted octanol–water partition coefficient (Wildman–Crippen LogP) is 3.93. The van der Waals surface area contributed by atoms with Crippen molar-refractivity contribution in [3.05, 3.63) is 0 Å². The van der Waals surface area contributed by atoms with Crippen molar-refractivity contribution in [2.45, 2.75) is 71.3 Å². The summed E-state index contributed by atoms with van der Waals surface area (Å²) in [5.41, 5.74) is 0.194. The Kier molecular flexibility index (Phi) is 2.76. The highest BCUT2D eigenvalue weighted by molar-refractivity contribution is 5.76. The van der Waals surface area contributed by atoms with Crippen LogP contribution >= 0.6 is 0 Å². The number of ether oxygens (including phenoxy) is 1. The van der Waals surface area contributed by atoms with Crippen molar-refractivity contribution >= 4 is 5.97 Å². The van der Waals surface area contributed by atoms with Crippen LogP contribution in [0.3, 0.4) is 0 Å². The first-order chi connectivity index (χ1) is 8.51. The molecular formula is C16H26O2. The molecular weight excluding hydrogens is 224 g/mol. The normalized spacial score (nSPS) is 50.8. The Balaban J connectivity index is 1.98. The van der Waals surface area contributed by atoms with Gasteiger partial charge in [0.2, 0.25) is 0 Å². The zero-order valence-corrected chi connectivity index (χ0v) is 12.0. The van der Waals surface area contributed by atoms with Gasteiger partial charge in [0.05, 0.1) is 5.92 Å². The van der Waals surface area contributed by atoms with Gasteiger partial charge in [-0.1, -0.05) is 33.1 Å². The molecule has 3 aliphatic rings. The molecule has 1 aliphatic heterocycles. The van der Waals surface area contributed by atoms with Gasteiger partial charge in [0.25, 0.3) is 0 Å². The second-order valence-electron chi connectivity index (χ2n) is 7.24. The van der Waals surface area contributed by atoms with Crippen LogP contribution in [0.25, 0.3) is 0 Å². The molecule has 0 spiro atoms. The molecule has 102 valence electrons. The van der Waals surface area contributed by atoms with E-state index in [0.29, 0.717) is 11.3 Å². The van der Waals surface area contributed by atoms with Gasteiger partial charge < -0.3 is 4.74 Å². The minimum atomic E-state index is -0.152. The number of hydrogen-bond acceptors (Lipinski definition) is 2. The van der Waals surface area contributed by atoms with E-state index in [9.17, 15) is 4.79 Å². The van der Waals surface area contributed by atoms with Crippen molar-refractivity contribution < 1.29 is 9.53 Å². The lowest BCUT2D eigenvalue weighted by Crippen LogP contribution is -2.54. The predicted molar refractivity (Wildman–Crippen MR) is 71.1 cm³/mol. The summed E-state index contributed by atoms with van der Waals surface area (Å²) >= 11 is 0. The van der Waals surface area contributed by atoms with Crippen LogP contribution in [0, 0.1) is 23.2 Å². The highest BCUT2D eigenvalue weighted by Gasteiger charge is 2.64. The van der Waals surface area contributed by atoms with Gasteiger partial charge in [0, 0.05) is 5.92 Å². The van der Waals surface area contributed by atoms with Gasteiger partial charge in [-0.05, 0) is 43.9 Å². The summed E-state index contributed by atoms with van der Waals surface area (Å²) in [6, 6.07) is 0. The van der Waals surface area contributed by atoms with Crippen LogP contribution in [0.4, 0.5) is 0 Å². The summed E-state index contributed by atoms with van der Waals surface area (Å²) in [6.45, 7) is 6.93. The molecule has 5 atom stereocenters. The van der Waals surface area contributed by atoms with Crippen LogP contribution in [-0.4, -0.2) is 11.6 Å². The highest BCUT2D eigenvalue weighted by Crippen LogP contribution is 2.63. The van der Waals surface area contributed by atoms with Gasteiger partial charge >= 0.3 is 5.97 Å². The molecule has 2 aliphatic carbocycles. The average molecular weight is 250 g/mol. The van der Waals surface area contributed by atoms with Gasteiger partial charge in [-0.2, -0.15) is 0 Å². The summed E-state index contributed by atoms with van der Waals surface area (Å²) in [5.74, 6) is 1.59. The summed E-state index contributed by atoms with van der Waals surface area (Å²) < 4.78 is 5.82. The minimum Gasteiger partial charge on any atom is -0.459 e. The first-order valence-electron chi connectivity index (χ1n) is 7.74. The molecule has 0 aromatic rings. The van der Waals surface area contributed by atoms with Gasteiger partial charge in [-0.25, -0.2) is 0 Å². The zero-order chi connectivity index (χ0) is 13.0. The number of hydrogen-bond donors (Lipinski definition) is 0. The molecule has 3 fully saturated rings. The molecule has 2 heteroatoms. The molecule has 0 amide bonds. The largest absolute Gasteiger partial charge is 0.459 e. The maximum atomic E-state index is 12.1. The van der Waals surface area contributed by atoms with E-state index in [1.165, 1.54) is 32.1 Å². The molecule has 2 saturated carbocycles. The van der Waals surface area contributed by atoms with Crippen molar-refractivity contribution in [2.75, 3.05) is 0 Å². The first kappa shape index (κ1) is 12.5. The Bertz CT molecular complexity index is 364. The van der Waals surface area contributed by atoms with Crippen molar-refractivity contribution in [1.82, 2.24) is 0 Å². The molecule has 0 N–H and O–H groups in total. The Morgan fingerprint density at radius 1 is 1.28 bits per heavy atom. The zero-order valence-electron chi connectivity index (χ0n) is 12.0. The molecule has 3 rings (SSSR count). The third-order valence-corrected chi connectivity index (χ3v) is 6.20. The van der Waals surface area contributed by atoms with E-state index >= 15 is 0 Å². The lowest BCUT2D eigenvalue weighted by molar-refractivity contribution is -0.155. The lowest BCUT2D eigenvalue weighted by atomic mass is 9.48. The molecule has 0 aromatic carbocycles. The van der Waals surface area contributed by atoms with E-state index in [2.05, 4.69) is 20.8 Å². The van der Waals surface area contributed by atoms with Crippen LogP contribution in [0.5, 0.6) is 0 Å². The number of carbonyl (C=O) groups is 1. The van der Waals surface area contributed by atoms with Crippen LogP contribution < -0.4 is 0 Å². The first-order valence-corrected chi connectivity index (χ1v) is 7.74. The van der Waals surface area contributed by atoms with E-state index in [-0.39, 0.29) is 17.5 Å². The standard InChI is InChI=1S/C16H26O2/c1-4-6-11-8-10-16(3)13-12(14(17)18-16)7-5-9-15(11,13)2/h11-13H,4-10H2,1-3H3/t11?,12?,13-,15+,16+/m0/s1. The van der Waals surface area contributed by atoms with Crippen LogP contribution in [-0.2, 0) is 9.53 Å². The molecule has 0 radical (unpaired) electrons. The Hall–Kier alpha value is -0.530. The van der Waals surface area contributed by atoms with Gasteiger partial charge in [-0.15, -0.1) is 0 Å². The topological polar surface area (TPSA) is 26.3 Å². The summed E-state index contributed by atoms with van der Waals surface area (Å²) in [5, 5.41) is 0. The van der Waals surface area contributed by atoms with E-state index in [4.69, 9.17) is 4.74 Å². The van der Waals surface area contributed by atoms with Crippen LogP contribution in [0.1, 0.15) is 65.7 Å². The summed E-state index contributed by atoms with van der Waals surface area (Å²) in [7, 11) is 0. The molecule has 2 nitrogen and oxygen atoms in total. The maximum Gasteiger partial charge on any atom is 0.309 e. The van der Waals surface area contributed by atoms with E-state index < -0.39 is 0 Å². The van der Waals surface area contributed by atoms with Crippen molar-refractivity contribution in [2.24, 2.45) is 23.2 Å². The molecule has 2 unspecified atom stereocenters. The highest BCUT2D eigenvalue weighted by atomic mass is 16.6. The maximum absolute atomic E-state index is 12.1. The minimum absolute atomic E-state index is 0.102. The Morgan fingerprint density at radius 3 is 2.78 bits per heavy atom. The SMILES string of the molecule is CCCC1CC[C@@]2(C)OC(=O)C3CCC[C@@]1(C)[C@H]32. The number of esters is 1. The summed E-state index contributed by atoms with van der Waals surface area (Å²) in [4.78, 5) is 12.1. The smallest absolute Gasteiger partial charge is 0.309 e. The van der Waals surface area contributed by atoms with Gasteiger partial charge in [0.15, 0.2) is 0 Å². The summed E-state index contributed by atoms with van der Waals surface area (Å²) in [6.07, 6.45) is 8.49. The van der Waals surface area contributed by atoms with Crippen molar-refractivity contribution in [1.29, 1.82) is 0 Å². The molecule has 1 saturated heterocycles. The number of carbonyl (C=O) groups excluding carboxylic acids is 1. The second-order valence-corrected chi connectivity index (χ2v) is 7.24. The number of rotatable bonds is 2. The van der Waals surface area contributed by atoms with E-state index in [1.807, 2.05) is 0 Å². The quantitative estimate of drug-likeness (QED) is 0.694. The van der Waals surface area contributed by atoms with Gasteiger partial charge in [0.1, 0.15) is 5.60 Å². The van der Waals surface area contributed by atoms with Crippen molar-refractivity contribution in [3.63, 3.8) is 0 Å². The van der Waals surface area contributed by atoms with Crippen LogP contribution in [0.2, 0.25) is 0 Å². The Labute approximate surface area is 110 Å². The lowest BCUT2D eigenvalue weighted by Gasteiger charge is -2.55.